The van der Waals surface area contributed by atoms with Crippen LogP contribution in [-0.4, -0.2) is 86.7 Å². The smallest absolute Gasteiger partial charge is 0.214 e. The Labute approximate surface area is 140 Å². The lowest BCUT2D eigenvalue weighted by molar-refractivity contribution is -0.000715. The van der Waals surface area contributed by atoms with Crippen molar-refractivity contribution in [1.82, 2.24) is 10.0 Å². The molecule has 0 aliphatic heterocycles. The van der Waals surface area contributed by atoms with E-state index in [0.29, 0.717) is 52.9 Å². The number of nitrogens with one attached hydrogen (secondary N) is 2. The Kier molecular flexibility index (Phi) is 15.1. The molecule has 0 spiro atoms. The third-order valence-corrected chi connectivity index (χ3v) is 4.63. The summed E-state index contributed by atoms with van der Waals surface area (Å²) in [5.74, 6) is 0. The topological polar surface area (TPSA) is 95.1 Å². The number of sulfonamides is 1. The summed E-state index contributed by atoms with van der Waals surface area (Å²) < 4.78 is 46.6. The van der Waals surface area contributed by atoms with Gasteiger partial charge in [-0.1, -0.05) is 0 Å². The average molecular weight is 356 g/mol. The fourth-order valence-electron chi connectivity index (χ4n) is 1.36. The van der Waals surface area contributed by atoms with Crippen molar-refractivity contribution in [3.05, 3.63) is 0 Å². The van der Waals surface area contributed by atoms with E-state index in [1.807, 2.05) is 7.05 Å². The summed E-state index contributed by atoms with van der Waals surface area (Å²) in [5, 5.41) is 2.56. The Hall–Kier alpha value is -0.290. The number of hydrogen-bond donors (Lipinski definition) is 2. The second kappa shape index (κ2) is 15.3. The summed E-state index contributed by atoms with van der Waals surface area (Å²) in [6, 6.07) is 0. The van der Waals surface area contributed by atoms with E-state index in [4.69, 9.17) is 18.9 Å². The van der Waals surface area contributed by atoms with Crippen molar-refractivity contribution in [1.29, 1.82) is 0 Å². The van der Waals surface area contributed by atoms with Gasteiger partial charge in [-0.05, 0) is 20.9 Å². The van der Waals surface area contributed by atoms with Crippen molar-refractivity contribution in [2.24, 2.45) is 0 Å². The first-order valence-corrected chi connectivity index (χ1v) is 9.49. The first kappa shape index (κ1) is 22.7. The van der Waals surface area contributed by atoms with Crippen LogP contribution in [0.15, 0.2) is 0 Å². The van der Waals surface area contributed by atoms with E-state index >= 15 is 0 Å². The molecule has 0 unspecified atom stereocenters. The van der Waals surface area contributed by atoms with Gasteiger partial charge < -0.3 is 24.3 Å². The fourth-order valence-corrected chi connectivity index (χ4v) is 2.06. The van der Waals surface area contributed by atoms with Crippen LogP contribution in [-0.2, 0) is 29.0 Å². The number of hydrogen-bond acceptors (Lipinski definition) is 7. The van der Waals surface area contributed by atoms with Gasteiger partial charge in [-0.15, -0.1) is 0 Å². The lowest BCUT2D eigenvalue weighted by Crippen LogP contribution is -2.33. The van der Waals surface area contributed by atoms with E-state index in [0.717, 1.165) is 6.54 Å². The molecule has 0 amide bonds. The van der Waals surface area contributed by atoms with Gasteiger partial charge >= 0.3 is 0 Å². The molecule has 0 saturated carbocycles. The summed E-state index contributed by atoms with van der Waals surface area (Å²) in [6.45, 7) is 8.42. The summed E-state index contributed by atoms with van der Waals surface area (Å²) in [5.41, 5.74) is 0. The van der Waals surface area contributed by atoms with Crippen LogP contribution in [0.4, 0.5) is 0 Å². The Morgan fingerprint density at radius 2 is 1.13 bits per heavy atom. The molecule has 0 atom stereocenters. The van der Waals surface area contributed by atoms with E-state index < -0.39 is 15.3 Å². The fraction of sp³-hybridized carbons (Fsp3) is 1.00. The Morgan fingerprint density at radius 3 is 1.52 bits per heavy atom. The van der Waals surface area contributed by atoms with E-state index in [-0.39, 0.29) is 6.54 Å². The number of likely N-dealkylation sites (N-methyl/N-ethyl adjacent to an activating group) is 1. The first-order chi connectivity index (χ1) is 11.0. The van der Waals surface area contributed by atoms with Crippen LogP contribution in [0.2, 0.25) is 0 Å². The molecule has 0 bridgehead atoms. The quantitative estimate of drug-likeness (QED) is 0.342. The molecule has 8 nitrogen and oxygen atoms in total. The van der Waals surface area contributed by atoms with Gasteiger partial charge in [-0.25, -0.2) is 13.1 Å². The van der Waals surface area contributed by atoms with Crippen molar-refractivity contribution >= 4 is 10.0 Å². The normalized spacial score (nSPS) is 12.2. The van der Waals surface area contributed by atoms with E-state index in [1.54, 1.807) is 13.8 Å². The van der Waals surface area contributed by atoms with Crippen molar-refractivity contribution in [2.75, 3.05) is 73.0 Å². The number of rotatable bonds is 17. The molecule has 0 saturated heterocycles. The molecule has 0 heterocycles. The van der Waals surface area contributed by atoms with E-state index in [9.17, 15) is 8.42 Å². The highest BCUT2D eigenvalue weighted by Gasteiger charge is 2.13. The molecule has 2 N–H and O–H groups in total. The maximum atomic E-state index is 11.4. The van der Waals surface area contributed by atoms with E-state index in [2.05, 4.69) is 10.0 Å². The van der Waals surface area contributed by atoms with Crippen molar-refractivity contribution < 1.29 is 27.4 Å². The largest absolute Gasteiger partial charge is 0.378 e. The van der Waals surface area contributed by atoms with Crippen molar-refractivity contribution in [3.8, 4) is 0 Å². The van der Waals surface area contributed by atoms with Gasteiger partial charge in [-0.2, -0.15) is 0 Å². The summed E-state index contributed by atoms with van der Waals surface area (Å²) in [4.78, 5) is 0. The zero-order chi connectivity index (χ0) is 17.4. The van der Waals surface area contributed by atoms with Crippen LogP contribution < -0.4 is 10.0 Å². The second-order valence-electron chi connectivity index (χ2n) is 5.04. The molecule has 0 fully saturated rings. The molecule has 0 aromatic rings. The zero-order valence-corrected chi connectivity index (χ0v) is 15.3. The molecule has 9 heteroatoms. The highest BCUT2D eigenvalue weighted by Crippen LogP contribution is 1.94. The maximum absolute atomic E-state index is 11.4. The molecule has 0 radical (unpaired) electrons. The van der Waals surface area contributed by atoms with Gasteiger partial charge in [0.05, 0.1) is 58.1 Å². The lowest BCUT2D eigenvalue weighted by atomic mass is 10.6. The Morgan fingerprint density at radius 1 is 0.739 bits per heavy atom. The molecule has 0 rings (SSSR count). The van der Waals surface area contributed by atoms with Crippen LogP contribution in [0.5, 0.6) is 0 Å². The third-order valence-electron chi connectivity index (χ3n) is 2.78. The minimum Gasteiger partial charge on any atom is -0.378 e. The van der Waals surface area contributed by atoms with Crippen molar-refractivity contribution in [3.63, 3.8) is 0 Å². The van der Waals surface area contributed by atoms with Crippen LogP contribution >= 0.6 is 0 Å². The minimum atomic E-state index is -3.21. The molecule has 0 aromatic carbocycles. The average Bonchev–Trinajstić information content (AvgIpc) is 2.51. The van der Waals surface area contributed by atoms with Crippen LogP contribution in [0.3, 0.4) is 0 Å². The Bertz CT molecular complexity index is 351. The van der Waals surface area contributed by atoms with Gasteiger partial charge in [0.1, 0.15) is 0 Å². The lowest BCUT2D eigenvalue weighted by Gasteiger charge is -2.10. The summed E-state index contributed by atoms with van der Waals surface area (Å²) in [7, 11) is -1.33. The minimum absolute atomic E-state index is 0.275. The van der Waals surface area contributed by atoms with Crippen LogP contribution in [0, 0.1) is 0 Å². The molecule has 0 aliphatic carbocycles. The second-order valence-corrected chi connectivity index (χ2v) is 7.36. The standard InChI is InChI=1S/C14H32N2O6S/c1-14(2)23(17,18)16-5-7-20-9-11-22-13-12-21-10-8-19-6-4-15-3/h14-16H,4-13H2,1-3H3. The predicted molar refractivity (Wildman–Crippen MR) is 89.3 cm³/mol. The van der Waals surface area contributed by atoms with Crippen LogP contribution in [0.1, 0.15) is 13.8 Å². The van der Waals surface area contributed by atoms with E-state index in [1.165, 1.54) is 0 Å². The SMILES string of the molecule is CNCCOCCOCCOCCOCCNS(=O)(=O)C(C)C. The summed E-state index contributed by atoms with van der Waals surface area (Å²) >= 11 is 0. The highest BCUT2D eigenvalue weighted by atomic mass is 32.2. The molecular weight excluding hydrogens is 324 g/mol. The monoisotopic (exact) mass is 356 g/mol. The molecular formula is C14H32N2O6S. The highest BCUT2D eigenvalue weighted by molar-refractivity contribution is 7.90. The Balaban J connectivity index is 3.17. The maximum Gasteiger partial charge on any atom is 0.214 e. The van der Waals surface area contributed by atoms with Gasteiger partial charge in [0.2, 0.25) is 10.0 Å². The van der Waals surface area contributed by atoms with Crippen molar-refractivity contribution in [2.45, 2.75) is 19.1 Å². The van der Waals surface area contributed by atoms with Gasteiger partial charge in [0.25, 0.3) is 0 Å². The van der Waals surface area contributed by atoms with Gasteiger partial charge in [-0.3, -0.25) is 0 Å². The predicted octanol–water partition coefficient (Wildman–Crippen LogP) is -0.400. The first-order valence-electron chi connectivity index (χ1n) is 7.94. The molecule has 23 heavy (non-hydrogen) atoms. The number of ether oxygens (including phenoxy) is 4. The molecule has 0 aliphatic rings. The molecule has 0 aromatic heterocycles. The summed E-state index contributed by atoms with van der Waals surface area (Å²) in [6.07, 6.45) is 0. The van der Waals surface area contributed by atoms with Gasteiger partial charge in [0.15, 0.2) is 0 Å². The van der Waals surface area contributed by atoms with Crippen LogP contribution in [0.25, 0.3) is 0 Å². The third kappa shape index (κ3) is 15.0. The zero-order valence-electron chi connectivity index (χ0n) is 14.5. The molecule has 140 valence electrons. The van der Waals surface area contributed by atoms with Gasteiger partial charge in [0, 0.05) is 13.1 Å².